The zero-order valence-electron chi connectivity index (χ0n) is 15.1. The second-order valence-corrected chi connectivity index (χ2v) is 7.50. The Labute approximate surface area is 147 Å². The van der Waals surface area contributed by atoms with E-state index in [0.717, 1.165) is 11.0 Å². The number of aromatic nitrogens is 1. The first-order valence-corrected chi connectivity index (χ1v) is 8.30. The summed E-state index contributed by atoms with van der Waals surface area (Å²) in [5, 5.41) is 0. The summed E-state index contributed by atoms with van der Waals surface area (Å²) in [7, 11) is -0.565. The van der Waals surface area contributed by atoms with E-state index in [4.69, 9.17) is 9.31 Å². The molecule has 2 aromatic rings. The molecular weight excluding hydrogens is 323 g/mol. The van der Waals surface area contributed by atoms with Crippen LogP contribution in [0.1, 0.15) is 44.5 Å². The minimum atomic E-state index is -3.15. The monoisotopic (exact) mass is 345 g/mol. The van der Waals surface area contributed by atoms with Gasteiger partial charge in [-0.15, -0.1) is 0 Å². The van der Waals surface area contributed by atoms with Crippen LogP contribution in [0.5, 0.6) is 0 Å². The van der Waals surface area contributed by atoms with Crippen LogP contribution < -0.4 is 5.46 Å². The fourth-order valence-electron chi connectivity index (χ4n) is 2.68. The molecule has 1 aliphatic heterocycles. The molecule has 1 aliphatic rings. The van der Waals surface area contributed by atoms with E-state index in [9.17, 15) is 8.78 Å². The number of benzene rings is 1. The Balaban J connectivity index is 1.86. The Morgan fingerprint density at radius 2 is 1.52 bits per heavy atom. The number of hydrogen-bond donors (Lipinski definition) is 0. The lowest BCUT2D eigenvalue weighted by Gasteiger charge is -2.32. The van der Waals surface area contributed by atoms with Crippen molar-refractivity contribution < 1.29 is 18.1 Å². The average molecular weight is 345 g/mol. The molecule has 132 valence electrons. The van der Waals surface area contributed by atoms with Gasteiger partial charge >= 0.3 is 13.0 Å². The smallest absolute Gasteiger partial charge is 0.399 e. The number of pyridine rings is 1. The van der Waals surface area contributed by atoms with Crippen LogP contribution in [0.25, 0.3) is 0 Å². The van der Waals surface area contributed by atoms with Crippen molar-refractivity contribution in [2.24, 2.45) is 0 Å². The van der Waals surface area contributed by atoms with Gasteiger partial charge in [0.25, 0.3) is 0 Å². The lowest BCUT2D eigenvalue weighted by atomic mass is 9.78. The van der Waals surface area contributed by atoms with Crippen LogP contribution in [0.15, 0.2) is 42.6 Å². The largest absolute Gasteiger partial charge is 0.494 e. The van der Waals surface area contributed by atoms with Crippen molar-refractivity contribution >= 4 is 12.6 Å². The fourth-order valence-corrected chi connectivity index (χ4v) is 2.68. The zero-order valence-corrected chi connectivity index (χ0v) is 15.1. The maximum Gasteiger partial charge on any atom is 0.494 e. The molecule has 0 radical (unpaired) electrons. The SMILES string of the molecule is Cc1ccnc(C(F)(F)c2ccc(B3OC(C)(C)C(C)(C)O3)cc2)c1. The maximum absolute atomic E-state index is 14.7. The summed E-state index contributed by atoms with van der Waals surface area (Å²) in [5.74, 6) is -3.15. The van der Waals surface area contributed by atoms with Gasteiger partial charge in [-0.3, -0.25) is 4.98 Å². The number of rotatable bonds is 3. The van der Waals surface area contributed by atoms with Gasteiger partial charge in [-0.25, -0.2) is 0 Å². The Morgan fingerprint density at radius 3 is 2.04 bits per heavy atom. The van der Waals surface area contributed by atoms with Gasteiger partial charge in [0.1, 0.15) is 5.69 Å². The normalized spacial score (nSPS) is 19.2. The Hall–Kier alpha value is -1.79. The fraction of sp³-hybridized carbons (Fsp3) is 0.421. The standard InChI is InChI=1S/C19H22BF2NO2/c1-13-10-11-23-16(12-13)19(21,22)14-6-8-15(9-7-14)20-24-17(2,3)18(4,5)25-20/h6-12H,1-5H3. The van der Waals surface area contributed by atoms with Gasteiger partial charge in [0.2, 0.25) is 0 Å². The Bertz CT molecular complexity index is 759. The third kappa shape index (κ3) is 3.21. The molecule has 0 bridgehead atoms. The van der Waals surface area contributed by atoms with Gasteiger partial charge in [0, 0.05) is 11.8 Å². The highest BCUT2D eigenvalue weighted by molar-refractivity contribution is 6.62. The summed E-state index contributed by atoms with van der Waals surface area (Å²) in [6.07, 6.45) is 1.40. The molecule has 0 saturated carbocycles. The van der Waals surface area contributed by atoms with Crippen LogP contribution in [-0.4, -0.2) is 23.3 Å². The molecule has 1 saturated heterocycles. The molecule has 0 spiro atoms. The lowest BCUT2D eigenvalue weighted by Crippen LogP contribution is -2.41. The number of nitrogens with zero attached hydrogens (tertiary/aromatic N) is 1. The number of aryl methyl sites for hydroxylation is 1. The maximum atomic E-state index is 14.7. The van der Waals surface area contributed by atoms with Crippen LogP contribution in [0.3, 0.4) is 0 Å². The highest BCUT2D eigenvalue weighted by Crippen LogP contribution is 2.37. The summed E-state index contributed by atoms with van der Waals surface area (Å²) in [6, 6.07) is 9.17. The van der Waals surface area contributed by atoms with Gasteiger partial charge < -0.3 is 9.31 Å². The summed E-state index contributed by atoms with van der Waals surface area (Å²) < 4.78 is 41.3. The quantitative estimate of drug-likeness (QED) is 0.793. The minimum absolute atomic E-state index is 0.106. The summed E-state index contributed by atoms with van der Waals surface area (Å²) in [4.78, 5) is 3.83. The number of halogens is 2. The summed E-state index contributed by atoms with van der Waals surface area (Å²) in [6.45, 7) is 9.60. The van der Waals surface area contributed by atoms with Crippen LogP contribution in [0.2, 0.25) is 0 Å². The van der Waals surface area contributed by atoms with Crippen LogP contribution in [-0.2, 0) is 15.2 Å². The molecule has 3 nitrogen and oxygen atoms in total. The Morgan fingerprint density at radius 1 is 0.960 bits per heavy atom. The van der Waals surface area contributed by atoms with Crippen LogP contribution >= 0.6 is 0 Å². The predicted octanol–water partition coefficient (Wildman–Crippen LogP) is 3.83. The highest BCUT2D eigenvalue weighted by Gasteiger charge is 2.51. The lowest BCUT2D eigenvalue weighted by molar-refractivity contribution is 0.00578. The topological polar surface area (TPSA) is 31.4 Å². The van der Waals surface area contributed by atoms with Gasteiger partial charge in [-0.1, -0.05) is 24.3 Å². The van der Waals surface area contributed by atoms with E-state index >= 15 is 0 Å². The third-order valence-corrected chi connectivity index (χ3v) is 5.04. The van der Waals surface area contributed by atoms with Crippen molar-refractivity contribution in [1.29, 1.82) is 0 Å². The van der Waals surface area contributed by atoms with E-state index < -0.39 is 24.2 Å². The predicted molar refractivity (Wildman–Crippen MR) is 94.1 cm³/mol. The van der Waals surface area contributed by atoms with Crippen molar-refractivity contribution in [3.8, 4) is 0 Å². The van der Waals surface area contributed by atoms with Gasteiger partial charge in [0.15, 0.2) is 0 Å². The minimum Gasteiger partial charge on any atom is -0.399 e. The van der Waals surface area contributed by atoms with Crippen molar-refractivity contribution in [2.75, 3.05) is 0 Å². The molecule has 0 atom stereocenters. The van der Waals surface area contributed by atoms with Crippen molar-refractivity contribution in [3.05, 3.63) is 59.4 Å². The number of hydrogen-bond acceptors (Lipinski definition) is 3. The Kier molecular flexibility index (Phi) is 4.24. The van der Waals surface area contributed by atoms with E-state index in [-0.39, 0.29) is 11.3 Å². The summed E-state index contributed by atoms with van der Waals surface area (Å²) >= 11 is 0. The molecular formula is C19H22BF2NO2. The second-order valence-electron chi connectivity index (χ2n) is 7.50. The molecule has 1 aromatic heterocycles. The van der Waals surface area contributed by atoms with Gasteiger partial charge in [-0.05, 0) is 57.8 Å². The molecule has 0 N–H and O–H groups in total. The molecule has 3 rings (SSSR count). The van der Waals surface area contributed by atoms with Crippen molar-refractivity contribution in [1.82, 2.24) is 4.98 Å². The third-order valence-electron chi connectivity index (χ3n) is 5.04. The number of alkyl halides is 2. The molecule has 2 heterocycles. The first kappa shape index (κ1) is 18.0. The van der Waals surface area contributed by atoms with E-state index in [1.807, 2.05) is 27.7 Å². The van der Waals surface area contributed by atoms with E-state index in [2.05, 4.69) is 4.98 Å². The molecule has 0 aliphatic carbocycles. The van der Waals surface area contributed by atoms with Gasteiger partial charge in [0.05, 0.1) is 11.2 Å². The zero-order chi connectivity index (χ0) is 18.5. The van der Waals surface area contributed by atoms with E-state index in [1.165, 1.54) is 24.4 Å². The molecule has 0 amide bonds. The molecule has 0 unspecified atom stereocenters. The molecule has 1 fully saturated rings. The van der Waals surface area contributed by atoms with E-state index in [0.29, 0.717) is 0 Å². The van der Waals surface area contributed by atoms with Crippen molar-refractivity contribution in [2.45, 2.75) is 51.7 Å². The first-order chi connectivity index (χ1) is 11.5. The van der Waals surface area contributed by atoms with Crippen LogP contribution in [0, 0.1) is 6.92 Å². The van der Waals surface area contributed by atoms with Gasteiger partial charge in [-0.2, -0.15) is 8.78 Å². The summed E-state index contributed by atoms with van der Waals surface area (Å²) in [5.41, 5.74) is 0.174. The van der Waals surface area contributed by atoms with Crippen LogP contribution in [0.4, 0.5) is 8.78 Å². The highest BCUT2D eigenvalue weighted by atomic mass is 19.3. The second kappa shape index (κ2) is 5.89. The molecule has 6 heteroatoms. The molecule has 25 heavy (non-hydrogen) atoms. The molecule has 1 aromatic carbocycles. The van der Waals surface area contributed by atoms with E-state index in [1.54, 1.807) is 25.1 Å². The average Bonchev–Trinajstić information content (AvgIpc) is 2.75. The van der Waals surface area contributed by atoms with Crippen molar-refractivity contribution in [3.63, 3.8) is 0 Å². The first-order valence-electron chi connectivity index (χ1n) is 8.30.